The fourth-order valence-corrected chi connectivity index (χ4v) is 3.93. The molecule has 1 aliphatic carbocycles. The van der Waals surface area contributed by atoms with Crippen molar-refractivity contribution < 1.29 is 9.84 Å². The number of aliphatic hydroxyl groups excluding tert-OH is 1. The standard InChI is InChI=1S/C17H34N2O2/c1-14-4-3-5-16(12-14)19-10-7-15(8-11-19)18-9-6-17(20)13-21-2/h14-18,20H,3-13H2,1-2H3. The van der Waals surface area contributed by atoms with Crippen molar-refractivity contribution in [1.29, 1.82) is 0 Å². The van der Waals surface area contributed by atoms with Crippen LogP contribution in [-0.4, -0.2) is 61.5 Å². The van der Waals surface area contributed by atoms with Crippen LogP contribution in [0.5, 0.6) is 0 Å². The van der Waals surface area contributed by atoms with Gasteiger partial charge in [0.05, 0.1) is 12.7 Å². The Kier molecular flexibility index (Phi) is 7.44. The van der Waals surface area contributed by atoms with Crippen LogP contribution in [0, 0.1) is 5.92 Å². The number of likely N-dealkylation sites (tertiary alicyclic amines) is 1. The van der Waals surface area contributed by atoms with E-state index >= 15 is 0 Å². The molecule has 0 aromatic carbocycles. The van der Waals surface area contributed by atoms with Gasteiger partial charge in [-0.1, -0.05) is 19.8 Å². The first kappa shape index (κ1) is 17.2. The minimum absolute atomic E-state index is 0.327. The van der Waals surface area contributed by atoms with Crippen molar-refractivity contribution in [3.63, 3.8) is 0 Å². The summed E-state index contributed by atoms with van der Waals surface area (Å²) in [5.41, 5.74) is 0. The normalized spacial score (nSPS) is 30.4. The molecule has 1 saturated carbocycles. The average Bonchev–Trinajstić information content (AvgIpc) is 2.48. The summed E-state index contributed by atoms with van der Waals surface area (Å²) in [7, 11) is 1.64. The van der Waals surface area contributed by atoms with E-state index in [1.807, 2.05) is 0 Å². The van der Waals surface area contributed by atoms with Gasteiger partial charge in [0, 0.05) is 19.2 Å². The fourth-order valence-electron chi connectivity index (χ4n) is 3.93. The zero-order valence-corrected chi connectivity index (χ0v) is 13.9. The molecule has 2 N–H and O–H groups in total. The van der Waals surface area contributed by atoms with Crippen molar-refractivity contribution in [2.75, 3.05) is 33.4 Å². The third kappa shape index (κ3) is 5.85. The van der Waals surface area contributed by atoms with Gasteiger partial charge in [-0.05, 0) is 57.7 Å². The molecule has 0 aromatic rings. The van der Waals surface area contributed by atoms with Crippen LogP contribution >= 0.6 is 0 Å². The second-order valence-electron chi connectivity index (χ2n) is 7.09. The zero-order valence-electron chi connectivity index (χ0n) is 13.9. The molecule has 0 amide bonds. The van der Waals surface area contributed by atoms with Gasteiger partial charge in [-0.2, -0.15) is 0 Å². The Bertz CT molecular complexity index is 280. The molecule has 1 saturated heterocycles. The van der Waals surface area contributed by atoms with Gasteiger partial charge < -0.3 is 20.1 Å². The Morgan fingerprint density at radius 1 is 1.24 bits per heavy atom. The molecule has 0 bridgehead atoms. The fraction of sp³-hybridized carbons (Fsp3) is 1.00. The van der Waals surface area contributed by atoms with E-state index in [0.717, 1.165) is 24.9 Å². The van der Waals surface area contributed by atoms with Gasteiger partial charge in [-0.15, -0.1) is 0 Å². The van der Waals surface area contributed by atoms with Crippen LogP contribution in [-0.2, 0) is 4.74 Å². The highest BCUT2D eigenvalue weighted by molar-refractivity contribution is 4.84. The van der Waals surface area contributed by atoms with Gasteiger partial charge >= 0.3 is 0 Å². The van der Waals surface area contributed by atoms with Crippen LogP contribution in [0.4, 0.5) is 0 Å². The van der Waals surface area contributed by atoms with Crippen molar-refractivity contribution in [1.82, 2.24) is 10.2 Å². The van der Waals surface area contributed by atoms with Crippen LogP contribution in [0.3, 0.4) is 0 Å². The van der Waals surface area contributed by atoms with E-state index in [9.17, 15) is 5.11 Å². The van der Waals surface area contributed by atoms with Crippen LogP contribution in [0.2, 0.25) is 0 Å². The number of nitrogens with zero attached hydrogens (tertiary/aromatic N) is 1. The maximum absolute atomic E-state index is 9.64. The van der Waals surface area contributed by atoms with Crippen molar-refractivity contribution in [2.45, 2.75) is 70.1 Å². The SMILES string of the molecule is COCC(O)CCNC1CCN(C2CCCC(C)C2)CC1. The van der Waals surface area contributed by atoms with E-state index < -0.39 is 0 Å². The first-order valence-electron chi connectivity index (χ1n) is 8.83. The number of ether oxygens (including phenoxy) is 1. The maximum Gasteiger partial charge on any atom is 0.0785 e. The van der Waals surface area contributed by atoms with Crippen molar-refractivity contribution >= 4 is 0 Å². The number of hydrogen-bond donors (Lipinski definition) is 2. The lowest BCUT2D eigenvalue weighted by atomic mass is 9.85. The van der Waals surface area contributed by atoms with Gasteiger partial charge in [-0.3, -0.25) is 0 Å². The predicted molar refractivity (Wildman–Crippen MR) is 86.5 cm³/mol. The van der Waals surface area contributed by atoms with E-state index in [-0.39, 0.29) is 6.10 Å². The lowest BCUT2D eigenvalue weighted by Gasteiger charge is -2.41. The minimum Gasteiger partial charge on any atom is -0.391 e. The largest absolute Gasteiger partial charge is 0.391 e. The van der Waals surface area contributed by atoms with E-state index in [0.29, 0.717) is 12.6 Å². The molecule has 2 aliphatic rings. The number of aliphatic hydroxyl groups is 1. The van der Waals surface area contributed by atoms with Gasteiger partial charge in [-0.25, -0.2) is 0 Å². The first-order chi connectivity index (χ1) is 10.2. The quantitative estimate of drug-likeness (QED) is 0.755. The molecule has 124 valence electrons. The van der Waals surface area contributed by atoms with E-state index in [4.69, 9.17) is 4.74 Å². The van der Waals surface area contributed by atoms with Gasteiger partial charge in [0.2, 0.25) is 0 Å². The predicted octanol–water partition coefficient (Wildman–Crippen LogP) is 2.02. The molecule has 2 rings (SSSR count). The lowest BCUT2D eigenvalue weighted by molar-refractivity contribution is 0.0574. The molecule has 2 fully saturated rings. The minimum atomic E-state index is -0.327. The number of piperidine rings is 1. The van der Waals surface area contributed by atoms with Crippen LogP contribution < -0.4 is 5.32 Å². The third-order valence-corrected chi connectivity index (χ3v) is 5.22. The molecule has 4 heteroatoms. The van der Waals surface area contributed by atoms with Gasteiger partial charge in [0.1, 0.15) is 0 Å². The number of hydrogen-bond acceptors (Lipinski definition) is 4. The lowest BCUT2D eigenvalue weighted by Crippen LogP contribution is -2.48. The Morgan fingerprint density at radius 2 is 2.00 bits per heavy atom. The van der Waals surface area contributed by atoms with Gasteiger partial charge in [0.15, 0.2) is 0 Å². The Balaban J connectivity index is 1.59. The molecular formula is C17H34N2O2. The molecule has 21 heavy (non-hydrogen) atoms. The number of methoxy groups -OCH3 is 1. The number of nitrogens with one attached hydrogen (secondary N) is 1. The summed E-state index contributed by atoms with van der Waals surface area (Å²) in [5, 5.41) is 13.2. The molecule has 0 aromatic heterocycles. The molecule has 1 aliphatic heterocycles. The summed E-state index contributed by atoms with van der Waals surface area (Å²) in [4.78, 5) is 2.73. The summed E-state index contributed by atoms with van der Waals surface area (Å²) < 4.78 is 4.95. The maximum atomic E-state index is 9.64. The highest BCUT2D eigenvalue weighted by Crippen LogP contribution is 2.29. The van der Waals surface area contributed by atoms with Crippen LogP contribution in [0.25, 0.3) is 0 Å². The highest BCUT2D eigenvalue weighted by Gasteiger charge is 2.28. The summed E-state index contributed by atoms with van der Waals surface area (Å²) in [6.07, 6.45) is 8.63. The monoisotopic (exact) mass is 298 g/mol. The zero-order chi connectivity index (χ0) is 15.1. The van der Waals surface area contributed by atoms with E-state index in [1.165, 1.54) is 51.6 Å². The molecule has 3 atom stereocenters. The Morgan fingerprint density at radius 3 is 2.67 bits per heavy atom. The summed E-state index contributed by atoms with van der Waals surface area (Å²) in [6.45, 7) is 6.24. The average molecular weight is 298 g/mol. The summed E-state index contributed by atoms with van der Waals surface area (Å²) >= 11 is 0. The molecule has 0 radical (unpaired) electrons. The third-order valence-electron chi connectivity index (χ3n) is 5.22. The molecule has 4 nitrogen and oxygen atoms in total. The summed E-state index contributed by atoms with van der Waals surface area (Å²) in [6, 6.07) is 1.48. The number of rotatable bonds is 7. The van der Waals surface area contributed by atoms with Crippen molar-refractivity contribution in [3.8, 4) is 0 Å². The smallest absolute Gasteiger partial charge is 0.0785 e. The molecular weight excluding hydrogens is 264 g/mol. The molecule has 1 heterocycles. The Labute approximate surface area is 130 Å². The highest BCUT2D eigenvalue weighted by atomic mass is 16.5. The summed E-state index contributed by atoms with van der Waals surface area (Å²) in [5.74, 6) is 0.918. The van der Waals surface area contributed by atoms with E-state index in [2.05, 4.69) is 17.1 Å². The molecule has 3 unspecified atom stereocenters. The second-order valence-corrected chi connectivity index (χ2v) is 7.09. The van der Waals surface area contributed by atoms with Crippen molar-refractivity contribution in [3.05, 3.63) is 0 Å². The Hall–Kier alpha value is -0.160. The van der Waals surface area contributed by atoms with Crippen molar-refractivity contribution in [2.24, 2.45) is 5.92 Å². The van der Waals surface area contributed by atoms with Gasteiger partial charge in [0.25, 0.3) is 0 Å². The first-order valence-corrected chi connectivity index (χ1v) is 8.83. The topological polar surface area (TPSA) is 44.7 Å². The van der Waals surface area contributed by atoms with Crippen LogP contribution in [0.15, 0.2) is 0 Å². The molecule has 0 spiro atoms. The second kappa shape index (κ2) is 9.09. The van der Waals surface area contributed by atoms with Crippen LogP contribution in [0.1, 0.15) is 51.9 Å². The van der Waals surface area contributed by atoms with E-state index in [1.54, 1.807) is 7.11 Å².